The van der Waals surface area contributed by atoms with Gasteiger partial charge in [0.15, 0.2) is 0 Å². The van der Waals surface area contributed by atoms with Crippen LogP contribution in [-0.4, -0.2) is 31.7 Å². The molecule has 0 atom stereocenters. The maximum atomic E-state index is 11.5. The number of hydrogen-bond acceptors (Lipinski definition) is 5. The first-order valence-electron chi connectivity index (χ1n) is 5.98. The lowest BCUT2D eigenvalue weighted by Gasteiger charge is -2.18. The molecule has 2 aromatic heterocycles. The normalized spacial score (nSPS) is 10.2. The summed E-state index contributed by atoms with van der Waals surface area (Å²) in [4.78, 5) is 19.1. The average Bonchev–Trinajstić information content (AvgIpc) is 2.97. The van der Waals surface area contributed by atoms with E-state index in [2.05, 4.69) is 22.5 Å². The van der Waals surface area contributed by atoms with Crippen LogP contribution in [0, 0.1) is 0 Å². The Hall–Kier alpha value is -1.88. The fraction of sp³-hybridized carbons (Fsp3) is 0.286. The lowest BCUT2D eigenvalue weighted by molar-refractivity contribution is 0.0600. The predicted octanol–water partition coefficient (Wildman–Crippen LogP) is 2.61. The van der Waals surface area contributed by atoms with Crippen molar-refractivity contribution in [3.63, 3.8) is 0 Å². The lowest BCUT2D eigenvalue weighted by Crippen LogP contribution is -2.21. The third kappa shape index (κ3) is 3.54. The van der Waals surface area contributed by atoms with Crippen molar-refractivity contribution in [3.8, 4) is 0 Å². The summed E-state index contributed by atoms with van der Waals surface area (Å²) in [5, 5.41) is 2.07. The molecule has 4 nitrogen and oxygen atoms in total. The molecule has 0 N–H and O–H groups in total. The summed E-state index contributed by atoms with van der Waals surface area (Å²) in [6.07, 6.45) is 2.60. The molecule has 0 radical (unpaired) electrons. The minimum atomic E-state index is -0.338. The Morgan fingerprint density at radius 1 is 1.47 bits per heavy atom. The zero-order valence-corrected chi connectivity index (χ0v) is 11.8. The molecule has 19 heavy (non-hydrogen) atoms. The zero-order valence-electron chi connectivity index (χ0n) is 11.0. The number of aromatic nitrogens is 1. The molecule has 0 aliphatic heterocycles. The number of esters is 1. The van der Waals surface area contributed by atoms with E-state index in [1.165, 1.54) is 12.0 Å². The van der Waals surface area contributed by atoms with Crippen molar-refractivity contribution in [1.82, 2.24) is 4.98 Å². The Balaban J connectivity index is 2.02. The van der Waals surface area contributed by atoms with Gasteiger partial charge in [0.1, 0.15) is 5.82 Å². The van der Waals surface area contributed by atoms with Gasteiger partial charge in [-0.3, -0.25) is 0 Å². The molecular formula is C14H16N2O2S. The minimum absolute atomic E-state index is 0.338. The largest absolute Gasteiger partial charge is 0.465 e. The number of anilines is 1. The molecule has 0 bridgehead atoms. The van der Waals surface area contributed by atoms with Gasteiger partial charge >= 0.3 is 5.97 Å². The Bertz CT molecular complexity index is 540. The summed E-state index contributed by atoms with van der Waals surface area (Å²) >= 11 is 1.75. The van der Waals surface area contributed by atoms with Crippen LogP contribution in [0.15, 0.2) is 35.8 Å². The smallest absolute Gasteiger partial charge is 0.338 e. The molecule has 0 amide bonds. The Morgan fingerprint density at radius 2 is 2.32 bits per heavy atom. The van der Waals surface area contributed by atoms with Gasteiger partial charge in [0.2, 0.25) is 0 Å². The maximum absolute atomic E-state index is 11.5. The molecule has 5 heteroatoms. The highest BCUT2D eigenvalue weighted by Gasteiger charge is 2.09. The first-order chi connectivity index (χ1) is 9.20. The van der Waals surface area contributed by atoms with Crippen molar-refractivity contribution < 1.29 is 9.53 Å². The van der Waals surface area contributed by atoms with Gasteiger partial charge in [0.05, 0.1) is 12.7 Å². The summed E-state index contributed by atoms with van der Waals surface area (Å²) in [5.41, 5.74) is 0.524. The number of carbonyl (C=O) groups excluding carboxylic acids is 1. The zero-order chi connectivity index (χ0) is 13.7. The number of carbonyl (C=O) groups is 1. The Morgan fingerprint density at radius 3 is 3.00 bits per heavy atom. The van der Waals surface area contributed by atoms with Crippen molar-refractivity contribution in [2.45, 2.75) is 6.42 Å². The van der Waals surface area contributed by atoms with Crippen LogP contribution in [0.4, 0.5) is 5.82 Å². The summed E-state index contributed by atoms with van der Waals surface area (Å²) in [7, 11) is 3.35. The lowest BCUT2D eigenvalue weighted by atomic mass is 10.2. The predicted molar refractivity (Wildman–Crippen MR) is 76.9 cm³/mol. The first kappa shape index (κ1) is 13.5. The molecule has 0 fully saturated rings. The third-order valence-corrected chi connectivity index (χ3v) is 3.77. The molecule has 0 aromatic carbocycles. The van der Waals surface area contributed by atoms with E-state index in [9.17, 15) is 4.79 Å². The van der Waals surface area contributed by atoms with E-state index in [0.29, 0.717) is 5.56 Å². The summed E-state index contributed by atoms with van der Waals surface area (Å²) in [6.45, 7) is 0.859. The molecule has 0 aliphatic carbocycles. The van der Waals surface area contributed by atoms with Gasteiger partial charge in [-0.25, -0.2) is 9.78 Å². The molecule has 0 unspecified atom stereocenters. The second-order valence-electron chi connectivity index (χ2n) is 4.15. The quantitative estimate of drug-likeness (QED) is 0.787. The van der Waals surface area contributed by atoms with Crippen LogP contribution in [-0.2, 0) is 11.2 Å². The molecule has 2 heterocycles. The van der Waals surface area contributed by atoms with E-state index in [-0.39, 0.29) is 5.97 Å². The number of pyridine rings is 1. The van der Waals surface area contributed by atoms with Crippen LogP contribution in [0.5, 0.6) is 0 Å². The third-order valence-electron chi connectivity index (χ3n) is 2.83. The molecule has 0 saturated carbocycles. The fourth-order valence-corrected chi connectivity index (χ4v) is 2.42. The molecule has 0 aliphatic rings. The average molecular weight is 276 g/mol. The highest BCUT2D eigenvalue weighted by Crippen LogP contribution is 2.14. The van der Waals surface area contributed by atoms with E-state index in [0.717, 1.165) is 18.8 Å². The molecule has 2 aromatic rings. The Labute approximate surface area is 116 Å². The van der Waals surface area contributed by atoms with Crippen LogP contribution in [0.3, 0.4) is 0 Å². The molecule has 100 valence electrons. The maximum Gasteiger partial charge on any atom is 0.338 e. The van der Waals surface area contributed by atoms with Crippen LogP contribution in [0.1, 0.15) is 15.2 Å². The van der Waals surface area contributed by atoms with Crippen molar-refractivity contribution >= 4 is 23.1 Å². The second-order valence-corrected chi connectivity index (χ2v) is 5.18. The fourth-order valence-electron chi connectivity index (χ4n) is 1.72. The van der Waals surface area contributed by atoms with Crippen LogP contribution >= 0.6 is 11.3 Å². The van der Waals surface area contributed by atoms with E-state index < -0.39 is 0 Å². The second kappa shape index (κ2) is 6.33. The molecule has 0 spiro atoms. The SMILES string of the molecule is COC(=O)c1ccnc(N(C)CCc2cccs2)c1. The Kier molecular flexibility index (Phi) is 4.52. The van der Waals surface area contributed by atoms with Gasteiger partial charge in [-0.15, -0.1) is 11.3 Å². The van der Waals surface area contributed by atoms with Crippen LogP contribution in [0.2, 0.25) is 0 Å². The van der Waals surface area contributed by atoms with E-state index >= 15 is 0 Å². The first-order valence-corrected chi connectivity index (χ1v) is 6.86. The van der Waals surface area contributed by atoms with E-state index in [4.69, 9.17) is 4.74 Å². The van der Waals surface area contributed by atoms with Crippen molar-refractivity contribution in [2.24, 2.45) is 0 Å². The number of hydrogen-bond donors (Lipinski definition) is 0. The number of thiophene rings is 1. The number of ether oxygens (including phenoxy) is 1. The number of nitrogens with zero attached hydrogens (tertiary/aromatic N) is 2. The van der Waals surface area contributed by atoms with Crippen LogP contribution in [0.25, 0.3) is 0 Å². The van der Waals surface area contributed by atoms with Gasteiger partial charge < -0.3 is 9.64 Å². The summed E-state index contributed by atoms with van der Waals surface area (Å²) in [6, 6.07) is 7.58. The highest BCUT2D eigenvalue weighted by molar-refractivity contribution is 7.09. The highest BCUT2D eigenvalue weighted by atomic mass is 32.1. The molecule has 2 rings (SSSR count). The summed E-state index contributed by atoms with van der Waals surface area (Å²) < 4.78 is 4.71. The molecule has 0 saturated heterocycles. The monoisotopic (exact) mass is 276 g/mol. The van der Waals surface area contributed by atoms with Crippen LogP contribution < -0.4 is 4.90 Å². The molecular weight excluding hydrogens is 260 g/mol. The van der Waals surface area contributed by atoms with Gasteiger partial charge in [0, 0.05) is 24.7 Å². The number of rotatable bonds is 5. The van der Waals surface area contributed by atoms with Crippen molar-refractivity contribution in [2.75, 3.05) is 25.6 Å². The van der Waals surface area contributed by atoms with Gasteiger partial charge in [-0.05, 0) is 30.0 Å². The van der Waals surface area contributed by atoms with Gasteiger partial charge in [-0.1, -0.05) is 6.07 Å². The van der Waals surface area contributed by atoms with E-state index in [1.54, 1.807) is 29.7 Å². The standard InChI is InChI=1S/C14H16N2O2S/c1-16(8-6-12-4-3-9-19-12)13-10-11(5-7-15-13)14(17)18-2/h3-5,7,9-10H,6,8H2,1-2H3. The van der Waals surface area contributed by atoms with Gasteiger partial charge in [0.25, 0.3) is 0 Å². The van der Waals surface area contributed by atoms with E-state index in [1.807, 2.05) is 11.9 Å². The number of likely N-dealkylation sites (N-methyl/N-ethyl adjacent to an activating group) is 1. The van der Waals surface area contributed by atoms with Crippen molar-refractivity contribution in [3.05, 3.63) is 46.3 Å². The topological polar surface area (TPSA) is 42.4 Å². The minimum Gasteiger partial charge on any atom is -0.465 e. The van der Waals surface area contributed by atoms with Gasteiger partial charge in [-0.2, -0.15) is 0 Å². The summed E-state index contributed by atoms with van der Waals surface area (Å²) in [5.74, 6) is 0.440. The van der Waals surface area contributed by atoms with Crippen molar-refractivity contribution in [1.29, 1.82) is 0 Å². The number of methoxy groups -OCH3 is 1.